The zero-order valence-electron chi connectivity index (χ0n) is 20.7. The van der Waals surface area contributed by atoms with Crippen LogP contribution >= 0.6 is 0 Å². The summed E-state index contributed by atoms with van der Waals surface area (Å²) < 4.78 is 5.47. The van der Waals surface area contributed by atoms with Crippen molar-refractivity contribution in [3.8, 4) is 0 Å². The van der Waals surface area contributed by atoms with E-state index in [4.69, 9.17) is 4.74 Å². The molecule has 1 unspecified atom stereocenters. The van der Waals surface area contributed by atoms with Gasteiger partial charge in [-0.15, -0.1) is 0 Å². The SMILES string of the molecule is CCC(Cc1ccccc1Cc1ccccc1)(C(=O)c1ccc(N2CCOCC2)cc1)N(C)C. The van der Waals surface area contributed by atoms with E-state index in [9.17, 15) is 4.79 Å². The van der Waals surface area contributed by atoms with E-state index in [0.717, 1.165) is 50.4 Å². The summed E-state index contributed by atoms with van der Waals surface area (Å²) in [5, 5.41) is 0. The molecular formula is C30H36N2O2. The molecular weight excluding hydrogens is 420 g/mol. The van der Waals surface area contributed by atoms with E-state index in [1.807, 2.05) is 32.3 Å². The van der Waals surface area contributed by atoms with Crippen LogP contribution in [0.1, 0.15) is 40.4 Å². The summed E-state index contributed by atoms with van der Waals surface area (Å²) in [5.74, 6) is 0.183. The lowest BCUT2D eigenvalue weighted by Gasteiger charge is -2.39. The molecule has 0 aliphatic carbocycles. The van der Waals surface area contributed by atoms with Crippen LogP contribution in [0.3, 0.4) is 0 Å². The van der Waals surface area contributed by atoms with E-state index >= 15 is 0 Å². The Morgan fingerprint density at radius 1 is 0.882 bits per heavy atom. The van der Waals surface area contributed by atoms with Gasteiger partial charge in [0.1, 0.15) is 0 Å². The molecule has 1 saturated heterocycles. The van der Waals surface area contributed by atoms with Crippen LogP contribution in [-0.4, -0.2) is 56.6 Å². The summed E-state index contributed by atoms with van der Waals surface area (Å²) in [6.07, 6.45) is 2.29. The van der Waals surface area contributed by atoms with Crippen molar-refractivity contribution in [2.45, 2.75) is 31.7 Å². The third-order valence-electron chi connectivity index (χ3n) is 7.21. The van der Waals surface area contributed by atoms with Crippen LogP contribution in [0.25, 0.3) is 0 Å². The molecule has 0 spiro atoms. The van der Waals surface area contributed by atoms with Crippen LogP contribution in [0.5, 0.6) is 0 Å². The van der Waals surface area contributed by atoms with Gasteiger partial charge in [0, 0.05) is 24.3 Å². The van der Waals surface area contributed by atoms with Gasteiger partial charge in [-0.1, -0.05) is 61.5 Å². The van der Waals surface area contributed by atoms with Gasteiger partial charge < -0.3 is 9.64 Å². The highest BCUT2D eigenvalue weighted by molar-refractivity contribution is 6.03. The topological polar surface area (TPSA) is 32.8 Å². The number of morpholine rings is 1. The van der Waals surface area contributed by atoms with Gasteiger partial charge in [-0.3, -0.25) is 9.69 Å². The number of nitrogens with zero attached hydrogens (tertiary/aromatic N) is 2. The Balaban J connectivity index is 1.61. The Kier molecular flexibility index (Phi) is 7.81. The van der Waals surface area contributed by atoms with Crippen molar-refractivity contribution in [3.05, 3.63) is 101 Å². The highest BCUT2D eigenvalue weighted by atomic mass is 16.5. The molecule has 1 atom stereocenters. The molecule has 1 heterocycles. The average Bonchev–Trinajstić information content (AvgIpc) is 2.89. The molecule has 4 rings (SSSR count). The predicted molar refractivity (Wildman–Crippen MR) is 140 cm³/mol. The van der Waals surface area contributed by atoms with Crippen molar-refractivity contribution >= 4 is 11.5 Å². The van der Waals surface area contributed by atoms with E-state index < -0.39 is 5.54 Å². The Morgan fingerprint density at radius 3 is 2.12 bits per heavy atom. The van der Waals surface area contributed by atoms with Crippen LogP contribution in [-0.2, 0) is 17.6 Å². The second-order valence-electron chi connectivity index (χ2n) is 9.36. The maximum absolute atomic E-state index is 14.0. The minimum absolute atomic E-state index is 0.183. The number of hydrogen-bond acceptors (Lipinski definition) is 4. The molecule has 0 radical (unpaired) electrons. The average molecular weight is 457 g/mol. The molecule has 178 valence electrons. The molecule has 0 amide bonds. The summed E-state index contributed by atoms with van der Waals surface area (Å²) in [5.41, 5.74) is 5.12. The number of ether oxygens (including phenoxy) is 1. The zero-order chi connectivity index (χ0) is 24.0. The fraction of sp³-hybridized carbons (Fsp3) is 0.367. The van der Waals surface area contributed by atoms with E-state index in [2.05, 4.69) is 77.4 Å². The summed E-state index contributed by atoms with van der Waals surface area (Å²) >= 11 is 0. The van der Waals surface area contributed by atoms with Gasteiger partial charge in [-0.2, -0.15) is 0 Å². The summed E-state index contributed by atoms with van der Waals surface area (Å²) in [7, 11) is 4.06. The van der Waals surface area contributed by atoms with Gasteiger partial charge in [0.25, 0.3) is 0 Å². The minimum Gasteiger partial charge on any atom is -0.378 e. The maximum atomic E-state index is 14.0. The summed E-state index contributed by atoms with van der Waals surface area (Å²) in [6, 6.07) is 27.3. The van der Waals surface area contributed by atoms with Gasteiger partial charge in [0.2, 0.25) is 0 Å². The molecule has 0 bridgehead atoms. The number of benzene rings is 3. The quantitative estimate of drug-likeness (QED) is 0.412. The smallest absolute Gasteiger partial charge is 0.183 e. The lowest BCUT2D eigenvalue weighted by atomic mass is 9.78. The molecule has 4 nitrogen and oxygen atoms in total. The normalized spacial score (nSPS) is 15.8. The van der Waals surface area contributed by atoms with E-state index in [1.54, 1.807) is 0 Å². The lowest BCUT2D eigenvalue weighted by Crippen LogP contribution is -2.52. The Labute approximate surface area is 204 Å². The molecule has 3 aromatic rings. The van der Waals surface area contributed by atoms with Gasteiger partial charge in [-0.25, -0.2) is 0 Å². The van der Waals surface area contributed by atoms with Crippen molar-refractivity contribution in [2.24, 2.45) is 0 Å². The minimum atomic E-state index is -0.604. The number of rotatable bonds is 9. The summed E-state index contributed by atoms with van der Waals surface area (Å²) in [6.45, 7) is 5.41. The molecule has 1 aliphatic heterocycles. The van der Waals surface area contributed by atoms with Crippen LogP contribution in [0, 0.1) is 0 Å². The molecule has 0 saturated carbocycles. The largest absolute Gasteiger partial charge is 0.378 e. The van der Waals surface area contributed by atoms with E-state index in [1.165, 1.54) is 16.7 Å². The number of hydrogen-bond donors (Lipinski definition) is 0. The second-order valence-corrected chi connectivity index (χ2v) is 9.36. The maximum Gasteiger partial charge on any atom is 0.183 e. The lowest BCUT2D eigenvalue weighted by molar-refractivity contribution is 0.0666. The number of carbonyl (C=O) groups is 1. The van der Waals surface area contributed by atoms with Crippen LogP contribution in [0.4, 0.5) is 5.69 Å². The van der Waals surface area contributed by atoms with Crippen molar-refractivity contribution in [1.29, 1.82) is 0 Å². The molecule has 3 aromatic carbocycles. The van der Waals surface area contributed by atoms with Crippen molar-refractivity contribution in [2.75, 3.05) is 45.3 Å². The van der Waals surface area contributed by atoms with E-state index in [-0.39, 0.29) is 5.78 Å². The molecule has 0 N–H and O–H groups in total. The van der Waals surface area contributed by atoms with Gasteiger partial charge in [0.05, 0.1) is 18.8 Å². The fourth-order valence-corrected chi connectivity index (χ4v) is 4.99. The van der Waals surface area contributed by atoms with E-state index in [0.29, 0.717) is 6.42 Å². The molecule has 1 aliphatic rings. The fourth-order valence-electron chi connectivity index (χ4n) is 4.99. The van der Waals surface area contributed by atoms with Gasteiger partial charge >= 0.3 is 0 Å². The van der Waals surface area contributed by atoms with Gasteiger partial charge in [-0.05, 0) is 74.3 Å². The highest BCUT2D eigenvalue weighted by Crippen LogP contribution is 2.30. The van der Waals surface area contributed by atoms with Crippen LogP contribution < -0.4 is 4.90 Å². The first-order valence-corrected chi connectivity index (χ1v) is 12.3. The van der Waals surface area contributed by atoms with Crippen LogP contribution in [0.2, 0.25) is 0 Å². The number of anilines is 1. The number of Topliss-reactive ketones (excluding diaryl/α,β-unsaturated/α-hetero) is 1. The predicted octanol–water partition coefficient (Wildman–Crippen LogP) is 5.25. The zero-order valence-corrected chi connectivity index (χ0v) is 20.7. The van der Waals surface area contributed by atoms with Crippen molar-refractivity contribution in [3.63, 3.8) is 0 Å². The summed E-state index contributed by atoms with van der Waals surface area (Å²) in [4.78, 5) is 18.5. The Hall–Kier alpha value is -2.95. The van der Waals surface area contributed by atoms with Crippen molar-refractivity contribution in [1.82, 2.24) is 4.90 Å². The number of likely N-dealkylation sites (N-methyl/N-ethyl adjacent to an activating group) is 1. The van der Waals surface area contributed by atoms with Gasteiger partial charge in [0.15, 0.2) is 5.78 Å². The first kappa shape index (κ1) is 24.2. The Bertz CT molecular complexity index is 1070. The first-order valence-electron chi connectivity index (χ1n) is 12.3. The monoisotopic (exact) mass is 456 g/mol. The second kappa shape index (κ2) is 11.0. The van der Waals surface area contributed by atoms with Crippen molar-refractivity contribution < 1.29 is 9.53 Å². The Morgan fingerprint density at radius 2 is 1.50 bits per heavy atom. The van der Waals surface area contributed by atoms with Crippen LogP contribution in [0.15, 0.2) is 78.9 Å². The first-order chi connectivity index (χ1) is 16.5. The molecule has 34 heavy (non-hydrogen) atoms. The highest BCUT2D eigenvalue weighted by Gasteiger charge is 2.40. The third kappa shape index (κ3) is 5.24. The molecule has 1 fully saturated rings. The number of ketones is 1. The molecule has 4 heteroatoms. The standard InChI is InChI=1S/C30H36N2O2/c1-4-30(31(2)3,23-27-13-9-8-12-26(27)22-24-10-6-5-7-11-24)29(33)25-14-16-28(17-15-25)32-18-20-34-21-19-32/h5-17H,4,18-23H2,1-3H3. The third-order valence-corrected chi connectivity index (χ3v) is 7.21. The molecule has 0 aromatic heterocycles. The number of carbonyl (C=O) groups excluding carboxylic acids is 1.